The Labute approximate surface area is 200 Å². The topological polar surface area (TPSA) is 94.2 Å². The second-order valence-corrected chi connectivity index (χ2v) is 8.36. The number of hydrogen-bond acceptors (Lipinski definition) is 7. The summed E-state index contributed by atoms with van der Waals surface area (Å²) in [5.74, 6) is -0.339. The van der Waals surface area contributed by atoms with E-state index in [-0.39, 0.29) is 18.0 Å². The van der Waals surface area contributed by atoms with E-state index in [1.807, 2.05) is 12.1 Å². The lowest BCUT2D eigenvalue weighted by molar-refractivity contribution is -0.114. The predicted molar refractivity (Wildman–Crippen MR) is 128 cm³/mol. The summed E-state index contributed by atoms with van der Waals surface area (Å²) >= 11 is 1.40. The Balaban J connectivity index is 1.72. The molecule has 0 fully saturated rings. The molecular formula is C25H22N2O6S. The normalized spacial score (nSPS) is 12.2. The smallest absolute Gasteiger partial charge is 0.337 e. The number of methoxy groups -OCH3 is 3. The van der Waals surface area contributed by atoms with Crippen molar-refractivity contribution in [2.24, 2.45) is 0 Å². The van der Waals surface area contributed by atoms with Crippen molar-refractivity contribution in [1.29, 1.82) is 0 Å². The molecule has 1 aliphatic heterocycles. The number of benzene rings is 3. The Kier molecular flexibility index (Phi) is 6.74. The van der Waals surface area contributed by atoms with Crippen LogP contribution in [-0.4, -0.2) is 45.7 Å². The van der Waals surface area contributed by atoms with Gasteiger partial charge in [0.25, 0.3) is 5.91 Å². The zero-order chi connectivity index (χ0) is 24.2. The van der Waals surface area contributed by atoms with E-state index in [0.29, 0.717) is 28.4 Å². The molecule has 0 unspecified atom stereocenters. The minimum absolute atomic E-state index is 0.278. The summed E-state index contributed by atoms with van der Waals surface area (Å²) < 4.78 is 15.4. The SMILES string of the molecule is COC(=O)c1ccc2c(c1)N(CC(=O)Nc1cc(OC)ccc1OC)C(=O)c1ccccc1S2. The summed E-state index contributed by atoms with van der Waals surface area (Å²) in [6.07, 6.45) is 0. The van der Waals surface area contributed by atoms with E-state index < -0.39 is 11.9 Å². The van der Waals surface area contributed by atoms with Gasteiger partial charge in [-0.2, -0.15) is 0 Å². The van der Waals surface area contributed by atoms with Gasteiger partial charge in [0, 0.05) is 15.9 Å². The molecule has 0 saturated heterocycles. The number of nitrogens with zero attached hydrogens (tertiary/aromatic N) is 1. The summed E-state index contributed by atoms with van der Waals surface area (Å²) in [6, 6.07) is 17.2. The van der Waals surface area contributed by atoms with Crippen LogP contribution in [-0.2, 0) is 9.53 Å². The molecule has 0 saturated carbocycles. The van der Waals surface area contributed by atoms with Gasteiger partial charge in [-0.25, -0.2) is 4.79 Å². The van der Waals surface area contributed by atoms with E-state index in [1.54, 1.807) is 48.5 Å². The van der Waals surface area contributed by atoms with Gasteiger partial charge in [-0.05, 0) is 42.5 Å². The minimum Gasteiger partial charge on any atom is -0.497 e. The standard InChI is InChI=1S/C25H22N2O6S/c1-31-16-9-10-20(32-2)18(13-16)26-23(28)14-27-19-12-15(25(30)33-3)8-11-22(19)34-21-7-5-4-6-17(21)24(27)29/h4-13H,14H2,1-3H3,(H,26,28). The van der Waals surface area contributed by atoms with Gasteiger partial charge in [0.05, 0.1) is 43.8 Å². The number of ether oxygens (including phenoxy) is 3. The van der Waals surface area contributed by atoms with Crippen LogP contribution < -0.4 is 19.7 Å². The van der Waals surface area contributed by atoms with Crippen LogP contribution >= 0.6 is 11.8 Å². The van der Waals surface area contributed by atoms with Gasteiger partial charge in [-0.15, -0.1) is 0 Å². The Morgan fingerprint density at radius 1 is 0.941 bits per heavy atom. The fourth-order valence-electron chi connectivity index (χ4n) is 3.57. The monoisotopic (exact) mass is 478 g/mol. The van der Waals surface area contributed by atoms with Crippen molar-refractivity contribution < 1.29 is 28.6 Å². The first kappa shape index (κ1) is 23.2. The van der Waals surface area contributed by atoms with Crippen LogP contribution in [0.15, 0.2) is 70.5 Å². The molecule has 0 radical (unpaired) electrons. The minimum atomic E-state index is -0.535. The van der Waals surface area contributed by atoms with Crippen LogP contribution in [0.25, 0.3) is 0 Å². The highest BCUT2D eigenvalue weighted by molar-refractivity contribution is 7.99. The van der Waals surface area contributed by atoms with Crippen molar-refractivity contribution in [3.05, 3.63) is 71.8 Å². The number of esters is 1. The quantitative estimate of drug-likeness (QED) is 0.530. The molecule has 3 aromatic rings. The zero-order valence-electron chi connectivity index (χ0n) is 18.8. The molecule has 4 rings (SSSR count). The van der Waals surface area contributed by atoms with Crippen molar-refractivity contribution in [3.8, 4) is 11.5 Å². The summed E-state index contributed by atoms with van der Waals surface area (Å²) in [4.78, 5) is 41.6. The number of anilines is 2. The summed E-state index contributed by atoms with van der Waals surface area (Å²) in [5, 5.41) is 2.79. The molecular weight excluding hydrogens is 456 g/mol. The third-order valence-electron chi connectivity index (χ3n) is 5.24. The molecule has 9 heteroatoms. The van der Waals surface area contributed by atoms with Gasteiger partial charge in [-0.3, -0.25) is 14.5 Å². The first-order valence-electron chi connectivity index (χ1n) is 10.3. The number of carbonyl (C=O) groups excluding carboxylic acids is 3. The molecule has 1 aliphatic rings. The van der Waals surface area contributed by atoms with Gasteiger partial charge in [0.2, 0.25) is 5.91 Å². The largest absolute Gasteiger partial charge is 0.497 e. The van der Waals surface area contributed by atoms with Crippen molar-refractivity contribution in [2.45, 2.75) is 9.79 Å². The van der Waals surface area contributed by atoms with Crippen LogP contribution in [0, 0.1) is 0 Å². The van der Waals surface area contributed by atoms with Crippen molar-refractivity contribution in [1.82, 2.24) is 0 Å². The summed E-state index contributed by atoms with van der Waals surface area (Å²) in [7, 11) is 4.30. The van der Waals surface area contributed by atoms with Gasteiger partial charge in [0.1, 0.15) is 18.0 Å². The highest BCUT2D eigenvalue weighted by Crippen LogP contribution is 2.42. The van der Waals surface area contributed by atoms with Crippen LogP contribution in [0.1, 0.15) is 20.7 Å². The molecule has 34 heavy (non-hydrogen) atoms. The maximum absolute atomic E-state index is 13.5. The number of nitrogens with one attached hydrogen (secondary N) is 1. The van der Waals surface area contributed by atoms with Gasteiger partial charge >= 0.3 is 5.97 Å². The van der Waals surface area contributed by atoms with Crippen molar-refractivity contribution in [3.63, 3.8) is 0 Å². The molecule has 0 aliphatic carbocycles. The molecule has 1 N–H and O–H groups in total. The number of fused-ring (bicyclic) bond motifs is 2. The predicted octanol–water partition coefficient (Wildman–Crippen LogP) is 4.24. The molecule has 3 aromatic carbocycles. The summed E-state index contributed by atoms with van der Waals surface area (Å²) in [6.45, 7) is -0.286. The van der Waals surface area contributed by atoms with Crippen LogP contribution in [0.4, 0.5) is 11.4 Å². The first-order valence-corrected chi connectivity index (χ1v) is 11.1. The molecule has 8 nitrogen and oxygen atoms in total. The highest BCUT2D eigenvalue weighted by atomic mass is 32.2. The Bertz CT molecular complexity index is 1280. The van der Waals surface area contributed by atoms with E-state index in [0.717, 1.165) is 9.79 Å². The molecule has 1 heterocycles. The van der Waals surface area contributed by atoms with Gasteiger partial charge in [0.15, 0.2) is 0 Å². The molecule has 0 bridgehead atoms. The third-order valence-corrected chi connectivity index (χ3v) is 6.38. The fraction of sp³-hybridized carbons (Fsp3) is 0.160. The van der Waals surface area contributed by atoms with Crippen molar-refractivity contribution >= 4 is 40.9 Å². The third kappa shape index (κ3) is 4.55. The second kappa shape index (κ2) is 9.88. The molecule has 174 valence electrons. The molecule has 0 aromatic heterocycles. The van der Waals surface area contributed by atoms with E-state index in [2.05, 4.69) is 5.32 Å². The molecule has 0 atom stereocenters. The van der Waals surface area contributed by atoms with E-state index >= 15 is 0 Å². The van der Waals surface area contributed by atoms with Crippen molar-refractivity contribution in [2.75, 3.05) is 38.1 Å². The van der Waals surface area contributed by atoms with E-state index in [4.69, 9.17) is 14.2 Å². The highest BCUT2D eigenvalue weighted by Gasteiger charge is 2.30. The number of hydrogen-bond donors (Lipinski definition) is 1. The van der Waals surface area contributed by atoms with Crippen LogP contribution in [0.3, 0.4) is 0 Å². The Morgan fingerprint density at radius 3 is 2.47 bits per heavy atom. The Morgan fingerprint density at radius 2 is 1.74 bits per heavy atom. The average molecular weight is 479 g/mol. The first-order chi connectivity index (χ1) is 16.4. The van der Waals surface area contributed by atoms with Gasteiger partial charge in [-0.1, -0.05) is 23.9 Å². The second-order valence-electron chi connectivity index (χ2n) is 7.28. The number of amides is 2. The van der Waals surface area contributed by atoms with Crippen LogP contribution in [0.2, 0.25) is 0 Å². The lowest BCUT2D eigenvalue weighted by Gasteiger charge is -2.23. The number of rotatable bonds is 6. The average Bonchev–Trinajstić information content (AvgIpc) is 2.97. The van der Waals surface area contributed by atoms with Crippen LogP contribution in [0.5, 0.6) is 11.5 Å². The lowest BCUT2D eigenvalue weighted by atomic mass is 10.1. The van der Waals surface area contributed by atoms with Gasteiger partial charge < -0.3 is 19.5 Å². The Hall–Kier alpha value is -3.98. The maximum Gasteiger partial charge on any atom is 0.337 e. The number of carbonyl (C=O) groups is 3. The van der Waals surface area contributed by atoms with E-state index in [1.165, 1.54) is 38.0 Å². The molecule has 2 amide bonds. The maximum atomic E-state index is 13.5. The summed E-state index contributed by atoms with van der Waals surface area (Å²) in [5.41, 5.74) is 1.60. The zero-order valence-corrected chi connectivity index (χ0v) is 19.6. The fourth-order valence-corrected chi connectivity index (χ4v) is 4.63. The van der Waals surface area contributed by atoms with E-state index in [9.17, 15) is 14.4 Å². The molecule has 0 spiro atoms. The lowest BCUT2D eigenvalue weighted by Crippen LogP contribution is -2.38.